The molecule has 0 saturated carbocycles. The van der Waals surface area contributed by atoms with Crippen molar-refractivity contribution < 1.29 is 13.9 Å². The summed E-state index contributed by atoms with van der Waals surface area (Å²) in [4.78, 5) is 24.7. The molecule has 2 aromatic carbocycles. The summed E-state index contributed by atoms with van der Waals surface area (Å²) in [6.45, 7) is 2.18. The van der Waals surface area contributed by atoms with Gasteiger partial charge in [0, 0.05) is 17.2 Å². The molecule has 3 aromatic rings. The molecule has 25 heavy (non-hydrogen) atoms. The Balaban J connectivity index is 2.21. The maximum absolute atomic E-state index is 14.3. The lowest BCUT2D eigenvalue weighted by Gasteiger charge is -2.14. The van der Waals surface area contributed by atoms with Crippen molar-refractivity contribution >= 4 is 32.8 Å². The summed E-state index contributed by atoms with van der Waals surface area (Å²) in [6, 6.07) is 12.0. The number of nitrogens with zero attached hydrogens (tertiary/aromatic N) is 1. The van der Waals surface area contributed by atoms with Crippen LogP contribution in [0.25, 0.3) is 10.9 Å². The van der Waals surface area contributed by atoms with Gasteiger partial charge in [-0.3, -0.25) is 4.79 Å². The zero-order valence-electron chi connectivity index (χ0n) is 13.5. The summed E-state index contributed by atoms with van der Waals surface area (Å²) in [5.41, 5.74) is 0.559. The predicted molar refractivity (Wildman–Crippen MR) is 97.4 cm³/mol. The number of hydrogen-bond acceptors (Lipinski definition) is 3. The Bertz CT molecular complexity index is 996. The number of halogens is 2. The normalized spacial score (nSPS) is 10.8. The highest BCUT2D eigenvalue weighted by atomic mass is 79.9. The molecule has 128 valence electrons. The molecule has 4 nitrogen and oxygen atoms in total. The number of fused-ring (bicyclic) bond motifs is 1. The fourth-order valence-corrected chi connectivity index (χ4v) is 2.93. The van der Waals surface area contributed by atoms with Crippen molar-refractivity contribution in [1.29, 1.82) is 0 Å². The lowest BCUT2D eigenvalue weighted by Crippen LogP contribution is -2.22. The number of carbonyl (C=O) groups excluding carboxylic acids is 1. The molecule has 0 spiro atoms. The first-order chi connectivity index (χ1) is 12.0. The lowest BCUT2D eigenvalue weighted by molar-refractivity contribution is 0.0524. The summed E-state index contributed by atoms with van der Waals surface area (Å²) < 4.78 is 21.8. The van der Waals surface area contributed by atoms with Crippen molar-refractivity contribution in [3.63, 3.8) is 0 Å². The van der Waals surface area contributed by atoms with Crippen LogP contribution in [0.3, 0.4) is 0 Å². The summed E-state index contributed by atoms with van der Waals surface area (Å²) >= 11 is 3.38. The van der Waals surface area contributed by atoms with Gasteiger partial charge in [0.15, 0.2) is 0 Å². The Kier molecular flexibility index (Phi) is 4.99. The standard InChI is InChI=1S/C19H15BrFNO3/c1-2-25-19(24)14-11-22(10-12-6-8-13(20)9-7-12)16-5-3-4-15(21)17(16)18(14)23/h3-9,11H,2,10H2,1H3. The van der Waals surface area contributed by atoms with Gasteiger partial charge in [-0.15, -0.1) is 0 Å². The minimum Gasteiger partial charge on any atom is -0.462 e. The Morgan fingerprint density at radius 2 is 1.92 bits per heavy atom. The van der Waals surface area contributed by atoms with E-state index in [1.165, 1.54) is 12.3 Å². The number of pyridine rings is 1. The summed E-state index contributed by atoms with van der Waals surface area (Å²) in [6.07, 6.45) is 1.43. The third-order valence-corrected chi connectivity index (χ3v) is 4.35. The first-order valence-electron chi connectivity index (χ1n) is 7.74. The quantitative estimate of drug-likeness (QED) is 0.615. The van der Waals surface area contributed by atoms with E-state index in [0.717, 1.165) is 10.0 Å². The molecule has 0 fully saturated rings. The molecular weight excluding hydrogens is 389 g/mol. The van der Waals surface area contributed by atoms with Gasteiger partial charge in [0.05, 0.1) is 17.5 Å². The van der Waals surface area contributed by atoms with Gasteiger partial charge in [-0.2, -0.15) is 0 Å². The Labute approximate surface area is 152 Å². The first kappa shape index (κ1) is 17.4. The van der Waals surface area contributed by atoms with E-state index in [9.17, 15) is 14.0 Å². The maximum atomic E-state index is 14.3. The number of esters is 1. The van der Waals surface area contributed by atoms with Crippen LogP contribution >= 0.6 is 15.9 Å². The van der Waals surface area contributed by atoms with E-state index in [1.807, 2.05) is 24.3 Å². The van der Waals surface area contributed by atoms with Crippen LogP contribution in [0.2, 0.25) is 0 Å². The lowest BCUT2D eigenvalue weighted by atomic mass is 10.1. The van der Waals surface area contributed by atoms with E-state index in [1.54, 1.807) is 23.6 Å². The topological polar surface area (TPSA) is 48.3 Å². The van der Waals surface area contributed by atoms with Crippen molar-refractivity contribution in [3.05, 3.63) is 80.3 Å². The van der Waals surface area contributed by atoms with Gasteiger partial charge in [-0.05, 0) is 36.8 Å². The van der Waals surface area contributed by atoms with Crippen LogP contribution in [-0.4, -0.2) is 17.1 Å². The Morgan fingerprint density at radius 1 is 1.20 bits per heavy atom. The molecule has 0 amide bonds. The van der Waals surface area contributed by atoms with Gasteiger partial charge in [0.2, 0.25) is 5.43 Å². The van der Waals surface area contributed by atoms with E-state index in [2.05, 4.69) is 15.9 Å². The second-order valence-corrected chi connectivity index (χ2v) is 6.40. The smallest absolute Gasteiger partial charge is 0.343 e. The van der Waals surface area contributed by atoms with Crippen LogP contribution in [0.1, 0.15) is 22.8 Å². The van der Waals surface area contributed by atoms with Gasteiger partial charge in [0.25, 0.3) is 0 Å². The number of carbonyl (C=O) groups is 1. The molecule has 0 aliphatic rings. The SMILES string of the molecule is CCOC(=O)c1cn(Cc2ccc(Br)cc2)c2cccc(F)c2c1=O. The van der Waals surface area contributed by atoms with Crippen LogP contribution < -0.4 is 5.43 Å². The zero-order valence-corrected chi connectivity index (χ0v) is 15.0. The van der Waals surface area contributed by atoms with Crippen LogP contribution in [-0.2, 0) is 11.3 Å². The number of hydrogen-bond donors (Lipinski definition) is 0. The maximum Gasteiger partial charge on any atom is 0.343 e. The van der Waals surface area contributed by atoms with E-state index in [-0.39, 0.29) is 17.6 Å². The second-order valence-electron chi connectivity index (χ2n) is 5.48. The molecule has 6 heteroatoms. The van der Waals surface area contributed by atoms with Crippen molar-refractivity contribution in [2.24, 2.45) is 0 Å². The highest BCUT2D eigenvalue weighted by Gasteiger charge is 2.18. The van der Waals surface area contributed by atoms with Gasteiger partial charge < -0.3 is 9.30 Å². The molecule has 1 heterocycles. The van der Waals surface area contributed by atoms with Gasteiger partial charge in [-0.25, -0.2) is 9.18 Å². The highest BCUT2D eigenvalue weighted by molar-refractivity contribution is 9.10. The fraction of sp³-hybridized carbons (Fsp3) is 0.158. The molecular formula is C19H15BrFNO3. The van der Waals surface area contributed by atoms with Gasteiger partial charge in [0.1, 0.15) is 11.4 Å². The van der Waals surface area contributed by atoms with Crippen molar-refractivity contribution in [2.75, 3.05) is 6.61 Å². The molecule has 0 N–H and O–H groups in total. The Morgan fingerprint density at radius 3 is 2.60 bits per heavy atom. The fourth-order valence-electron chi connectivity index (χ4n) is 2.67. The zero-order chi connectivity index (χ0) is 18.0. The van der Waals surface area contributed by atoms with Crippen molar-refractivity contribution in [1.82, 2.24) is 4.57 Å². The minimum absolute atomic E-state index is 0.106. The largest absolute Gasteiger partial charge is 0.462 e. The van der Waals surface area contributed by atoms with E-state index < -0.39 is 17.2 Å². The summed E-state index contributed by atoms with van der Waals surface area (Å²) in [5.74, 6) is -1.40. The van der Waals surface area contributed by atoms with Crippen LogP contribution in [0.4, 0.5) is 4.39 Å². The first-order valence-corrected chi connectivity index (χ1v) is 8.53. The number of rotatable bonds is 4. The number of benzene rings is 2. The van der Waals surface area contributed by atoms with E-state index in [0.29, 0.717) is 12.1 Å². The van der Waals surface area contributed by atoms with E-state index in [4.69, 9.17) is 4.74 Å². The number of aromatic nitrogens is 1. The van der Waals surface area contributed by atoms with E-state index >= 15 is 0 Å². The van der Waals surface area contributed by atoms with Crippen molar-refractivity contribution in [2.45, 2.75) is 13.5 Å². The van der Waals surface area contributed by atoms with Crippen LogP contribution in [0, 0.1) is 5.82 Å². The molecule has 0 unspecified atom stereocenters. The molecule has 1 aromatic heterocycles. The van der Waals surface area contributed by atoms with Gasteiger partial charge in [-0.1, -0.05) is 34.1 Å². The molecule has 0 atom stereocenters. The number of ether oxygens (including phenoxy) is 1. The molecule has 0 aliphatic carbocycles. The Hall–Kier alpha value is -2.47. The second kappa shape index (κ2) is 7.19. The average Bonchev–Trinajstić information content (AvgIpc) is 2.59. The predicted octanol–water partition coefficient (Wildman–Crippen LogP) is 4.13. The molecule has 3 rings (SSSR count). The average molecular weight is 404 g/mol. The van der Waals surface area contributed by atoms with Crippen molar-refractivity contribution in [3.8, 4) is 0 Å². The minimum atomic E-state index is -0.748. The molecule has 0 aliphatic heterocycles. The van der Waals surface area contributed by atoms with Crippen LogP contribution in [0.5, 0.6) is 0 Å². The summed E-state index contributed by atoms with van der Waals surface area (Å²) in [5, 5.41) is -0.106. The monoisotopic (exact) mass is 403 g/mol. The third kappa shape index (κ3) is 3.49. The summed E-state index contributed by atoms with van der Waals surface area (Å²) in [7, 11) is 0. The molecule has 0 saturated heterocycles. The highest BCUT2D eigenvalue weighted by Crippen LogP contribution is 2.18. The molecule has 0 bridgehead atoms. The van der Waals surface area contributed by atoms with Gasteiger partial charge >= 0.3 is 5.97 Å². The third-order valence-electron chi connectivity index (χ3n) is 3.82. The molecule has 0 radical (unpaired) electrons. The van der Waals surface area contributed by atoms with Crippen LogP contribution in [0.15, 0.2) is 57.9 Å².